The molecule has 0 heterocycles. The highest BCUT2D eigenvalue weighted by molar-refractivity contribution is 7.47. The van der Waals surface area contributed by atoms with E-state index in [0.29, 0.717) is 37.5 Å². The number of aliphatic hydroxyl groups is 1. The van der Waals surface area contributed by atoms with Gasteiger partial charge in [0.05, 0.1) is 26.4 Å². The van der Waals surface area contributed by atoms with Crippen LogP contribution in [0.2, 0.25) is 0 Å². The van der Waals surface area contributed by atoms with Crippen LogP contribution in [0, 0.1) is 17.8 Å². The third-order valence-electron chi connectivity index (χ3n) is 15.8. The van der Waals surface area contributed by atoms with E-state index >= 15 is 0 Å². The lowest BCUT2D eigenvalue weighted by molar-refractivity contribution is -0.161. The van der Waals surface area contributed by atoms with E-state index in [1.807, 2.05) is 0 Å². The second kappa shape index (κ2) is 61.4. The fourth-order valence-electron chi connectivity index (χ4n) is 10.2. The minimum absolute atomic E-state index is 0.0837. The van der Waals surface area contributed by atoms with Crippen LogP contribution in [-0.2, 0) is 65.4 Å². The van der Waals surface area contributed by atoms with Crippen molar-refractivity contribution in [1.82, 2.24) is 0 Å². The van der Waals surface area contributed by atoms with Gasteiger partial charge in [-0.2, -0.15) is 0 Å². The number of aliphatic hydroxyl groups excluding tert-OH is 1. The fourth-order valence-corrected chi connectivity index (χ4v) is 11.8. The quantitative estimate of drug-likeness (QED) is 0.0169. The Morgan fingerprint density at radius 2 is 0.600 bits per heavy atom. The molecule has 90 heavy (non-hydrogen) atoms. The zero-order valence-electron chi connectivity index (χ0n) is 58.1. The van der Waals surface area contributed by atoms with Crippen LogP contribution >= 0.6 is 15.6 Å². The smallest absolute Gasteiger partial charge is 0.462 e. The van der Waals surface area contributed by atoms with Crippen molar-refractivity contribution in [2.45, 2.75) is 349 Å². The van der Waals surface area contributed by atoms with E-state index in [1.165, 1.54) is 116 Å². The Labute approximate surface area is 548 Å². The van der Waals surface area contributed by atoms with Crippen molar-refractivity contribution < 1.29 is 80.2 Å². The Morgan fingerprint density at radius 3 is 0.900 bits per heavy atom. The summed E-state index contributed by atoms with van der Waals surface area (Å²) in [6, 6.07) is 0. The number of hydrogen-bond acceptors (Lipinski definition) is 15. The summed E-state index contributed by atoms with van der Waals surface area (Å²) in [6.45, 7) is 11.7. The van der Waals surface area contributed by atoms with Gasteiger partial charge in [0.2, 0.25) is 0 Å². The van der Waals surface area contributed by atoms with Crippen molar-refractivity contribution in [3.63, 3.8) is 0 Å². The third-order valence-corrected chi connectivity index (χ3v) is 17.7. The Kier molecular flexibility index (Phi) is 59.7. The average Bonchev–Trinajstić information content (AvgIpc) is 3.46. The molecule has 0 saturated carbocycles. The molecule has 0 saturated heterocycles. The Morgan fingerprint density at radius 1 is 0.344 bits per heavy atom. The number of ether oxygens (including phenoxy) is 4. The lowest BCUT2D eigenvalue weighted by Gasteiger charge is -2.21. The number of carbonyl (C=O) groups is 4. The van der Waals surface area contributed by atoms with Gasteiger partial charge >= 0.3 is 39.5 Å². The van der Waals surface area contributed by atoms with Gasteiger partial charge in [-0.3, -0.25) is 37.3 Å². The number of rotatable bonds is 67. The van der Waals surface area contributed by atoms with Crippen LogP contribution in [-0.4, -0.2) is 96.7 Å². The molecule has 0 aromatic rings. The summed E-state index contributed by atoms with van der Waals surface area (Å²) in [6.07, 6.45) is 48.3. The summed E-state index contributed by atoms with van der Waals surface area (Å²) in [7, 11) is -9.91. The molecule has 0 spiro atoms. The van der Waals surface area contributed by atoms with Crippen LogP contribution in [0.4, 0.5) is 0 Å². The molecule has 0 aliphatic carbocycles. The summed E-state index contributed by atoms with van der Waals surface area (Å²) >= 11 is 0. The molecule has 0 rings (SSSR count). The Balaban J connectivity index is 5.26. The molecule has 0 aliphatic heterocycles. The molecule has 0 aromatic heterocycles. The number of hydrogen-bond donors (Lipinski definition) is 3. The largest absolute Gasteiger partial charge is 0.472 e. The highest BCUT2D eigenvalue weighted by Crippen LogP contribution is 2.45. The van der Waals surface area contributed by atoms with E-state index in [9.17, 15) is 43.2 Å². The number of carbonyl (C=O) groups excluding carboxylic acids is 4. The summed E-state index contributed by atoms with van der Waals surface area (Å²) in [5.41, 5.74) is 0. The van der Waals surface area contributed by atoms with Gasteiger partial charge in [0, 0.05) is 25.7 Å². The zero-order valence-corrected chi connectivity index (χ0v) is 59.9. The maximum absolute atomic E-state index is 13.0. The first-order valence-electron chi connectivity index (χ1n) is 36.2. The second-order valence-corrected chi connectivity index (χ2v) is 29.3. The van der Waals surface area contributed by atoms with Gasteiger partial charge < -0.3 is 33.8 Å². The van der Waals surface area contributed by atoms with Crippen molar-refractivity contribution in [2.75, 3.05) is 39.6 Å². The standard InChI is InChI=1S/C71H134O17P2/c1-8-9-10-11-12-13-14-15-16-19-22-25-30-40-47-54-70(75)87-66(58-81-68(73)52-45-38-32-27-29-36-43-50-63(4)5)60-85-89(77,78)83-56-65(72)57-84-90(79,80)86-61-67(59-82-69(74)53-46-39-34-33-37-44-51-64(6)7)88-71(76)55-48-41-31-26-23-20-17-18-21-24-28-35-42-49-62(2)3/h13-16,62-67,72H,8-12,17-61H2,1-7H3,(H,77,78)(H,79,80)/b14-13-,16-15-/t65?,66-,67-/m1/s1. The van der Waals surface area contributed by atoms with E-state index in [-0.39, 0.29) is 25.7 Å². The molecular weight excluding hydrogens is 1190 g/mol. The molecule has 0 bridgehead atoms. The van der Waals surface area contributed by atoms with Gasteiger partial charge in [-0.15, -0.1) is 0 Å². The maximum atomic E-state index is 13.0. The van der Waals surface area contributed by atoms with Crippen LogP contribution in [0.15, 0.2) is 24.3 Å². The summed E-state index contributed by atoms with van der Waals surface area (Å²) < 4.78 is 68.2. The number of phosphoric acid groups is 2. The average molecular weight is 1320 g/mol. The van der Waals surface area contributed by atoms with E-state index in [1.54, 1.807) is 0 Å². The number of phosphoric ester groups is 2. The van der Waals surface area contributed by atoms with Crippen LogP contribution in [0.5, 0.6) is 0 Å². The van der Waals surface area contributed by atoms with Gasteiger partial charge in [-0.1, -0.05) is 278 Å². The Hall–Kier alpha value is -2.46. The second-order valence-electron chi connectivity index (χ2n) is 26.4. The lowest BCUT2D eigenvalue weighted by Crippen LogP contribution is -2.30. The molecule has 3 N–H and O–H groups in total. The van der Waals surface area contributed by atoms with Crippen LogP contribution in [0.1, 0.15) is 331 Å². The summed E-state index contributed by atoms with van der Waals surface area (Å²) in [4.78, 5) is 72.5. The zero-order chi connectivity index (χ0) is 66.6. The van der Waals surface area contributed by atoms with Crippen molar-refractivity contribution >= 4 is 39.5 Å². The summed E-state index contributed by atoms with van der Waals surface area (Å²) in [5, 5.41) is 10.6. The Bertz CT molecular complexity index is 1860. The minimum atomic E-state index is -4.96. The van der Waals surface area contributed by atoms with Gasteiger partial charge in [0.25, 0.3) is 0 Å². The van der Waals surface area contributed by atoms with E-state index in [2.05, 4.69) is 72.8 Å². The minimum Gasteiger partial charge on any atom is -0.462 e. The highest BCUT2D eigenvalue weighted by atomic mass is 31.2. The van der Waals surface area contributed by atoms with Crippen LogP contribution in [0.3, 0.4) is 0 Å². The monoisotopic (exact) mass is 1320 g/mol. The molecule has 0 radical (unpaired) electrons. The fraction of sp³-hybridized carbons (Fsp3) is 0.887. The van der Waals surface area contributed by atoms with Gasteiger partial charge in [0.1, 0.15) is 19.3 Å². The number of allylic oxidation sites excluding steroid dienone is 4. The van der Waals surface area contributed by atoms with Crippen LogP contribution < -0.4 is 0 Å². The lowest BCUT2D eigenvalue weighted by atomic mass is 10.0. The first kappa shape index (κ1) is 87.5. The van der Waals surface area contributed by atoms with Crippen molar-refractivity contribution in [2.24, 2.45) is 17.8 Å². The molecule has 0 fully saturated rings. The molecule has 0 aliphatic rings. The predicted octanol–water partition coefficient (Wildman–Crippen LogP) is 19.8. The molecule has 530 valence electrons. The normalized spacial score (nSPS) is 14.4. The topological polar surface area (TPSA) is 237 Å². The van der Waals surface area contributed by atoms with Gasteiger partial charge in [0.15, 0.2) is 12.2 Å². The molecule has 0 amide bonds. The number of unbranched alkanes of at least 4 members (excludes halogenated alkanes) is 32. The van der Waals surface area contributed by atoms with Crippen LogP contribution in [0.25, 0.3) is 0 Å². The molecule has 0 aromatic carbocycles. The van der Waals surface area contributed by atoms with Gasteiger partial charge in [-0.25, -0.2) is 9.13 Å². The van der Waals surface area contributed by atoms with Gasteiger partial charge in [-0.05, 0) is 69.1 Å². The SMILES string of the molecule is CCCCCC/C=C\C=C/CCCCCCCC(=O)O[C@H](COC(=O)CCCCCCCCCC(C)C)COP(=O)(O)OCC(O)COP(=O)(O)OC[C@@H](COC(=O)CCCCCCCCC(C)C)OC(=O)CCCCCCCCCCCCCCCC(C)C. The maximum Gasteiger partial charge on any atom is 0.472 e. The molecule has 5 atom stereocenters. The molecule has 17 nitrogen and oxygen atoms in total. The van der Waals surface area contributed by atoms with E-state index in [4.69, 9.17) is 37.0 Å². The first-order valence-corrected chi connectivity index (χ1v) is 39.2. The van der Waals surface area contributed by atoms with E-state index in [0.717, 1.165) is 121 Å². The molecular formula is C71H134O17P2. The number of esters is 4. The highest BCUT2D eigenvalue weighted by Gasteiger charge is 2.30. The van der Waals surface area contributed by atoms with Crippen molar-refractivity contribution in [1.29, 1.82) is 0 Å². The molecule has 3 unspecified atom stereocenters. The van der Waals surface area contributed by atoms with Crippen molar-refractivity contribution in [3.05, 3.63) is 24.3 Å². The summed E-state index contributed by atoms with van der Waals surface area (Å²) in [5.74, 6) is 0.00567. The predicted molar refractivity (Wildman–Crippen MR) is 363 cm³/mol. The third kappa shape index (κ3) is 64.3. The first-order chi connectivity index (χ1) is 43.2. The van der Waals surface area contributed by atoms with Crippen molar-refractivity contribution in [3.8, 4) is 0 Å². The molecule has 19 heteroatoms. The van der Waals surface area contributed by atoms with E-state index < -0.39 is 97.5 Å².